The van der Waals surface area contributed by atoms with E-state index in [2.05, 4.69) is 15.0 Å². The maximum absolute atomic E-state index is 12.4. The van der Waals surface area contributed by atoms with Crippen molar-refractivity contribution in [2.24, 2.45) is 0 Å². The molecular formula is C19H19N3O3S. The zero-order valence-electron chi connectivity index (χ0n) is 14.3. The van der Waals surface area contributed by atoms with Crippen LogP contribution in [0.25, 0.3) is 10.9 Å². The minimum Gasteiger partial charge on any atom is -0.351 e. The van der Waals surface area contributed by atoms with Crippen LogP contribution in [0.5, 0.6) is 0 Å². The first-order chi connectivity index (χ1) is 12.5. The van der Waals surface area contributed by atoms with Gasteiger partial charge in [0, 0.05) is 24.7 Å². The van der Waals surface area contributed by atoms with Crippen LogP contribution in [-0.2, 0) is 10.0 Å². The summed E-state index contributed by atoms with van der Waals surface area (Å²) in [6, 6.07) is 15.6. The van der Waals surface area contributed by atoms with Gasteiger partial charge in [0.05, 0.1) is 16.0 Å². The zero-order chi connectivity index (χ0) is 18.6. The molecule has 7 heteroatoms. The summed E-state index contributed by atoms with van der Waals surface area (Å²) in [6.07, 6.45) is 1.58. The van der Waals surface area contributed by atoms with Gasteiger partial charge < -0.3 is 5.32 Å². The number of fused-ring (bicyclic) bond motifs is 1. The lowest BCUT2D eigenvalue weighted by Crippen LogP contribution is -2.34. The lowest BCUT2D eigenvalue weighted by atomic mass is 10.1. The van der Waals surface area contributed by atoms with Crippen LogP contribution in [-0.4, -0.2) is 32.4 Å². The molecular weight excluding hydrogens is 350 g/mol. The topological polar surface area (TPSA) is 88.2 Å². The number of aryl methyl sites for hydroxylation is 1. The van der Waals surface area contributed by atoms with E-state index in [4.69, 9.17) is 0 Å². The average molecular weight is 369 g/mol. The molecule has 0 saturated heterocycles. The van der Waals surface area contributed by atoms with Crippen molar-refractivity contribution in [3.05, 3.63) is 71.9 Å². The van der Waals surface area contributed by atoms with Crippen molar-refractivity contribution in [1.82, 2.24) is 15.0 Å². The number of pyridine rings is 1. The third kappa shape index (κ3) is 4.07. The van der Waals surface area contributed by atoms with Crippen molar-refractivity contribution in [2.45, 2.75) is 11.8 Å². The molecule has 1 aromatic heterocycles. The number of para-hydroxylation sites is 1. The molecule has 6 nitrogen and oxygen atoms in total. The Morgan fingerprint density at radius 2 is 1.73 bits per heavy atom. The number of nitrogens with zero attached hydrogens (tertiary/aromatic N) is 1. The molecule has 0 aliphatic carbocycles. The zero-order valence-corrected chi connectivity index (χ0v) is 15.1. The van der Waals surface area contributed by atoms with Crippen LogP contribution in [0.4, 0.5) is 0 Å². The number of rotatable bonds is 6. The number of benzene rings is 2. The maximum atomic E-state index is 12.4. The van der Waals surface area contributed by atoms with Crippen molar-refractivity contribution in [2.75, 3.05) is 13.1 Å². The molecule has 2 aromatic carbocycles. The van der Waals surface area contributed by atoms with Gasteiger partial charge in [0.15, 0.2) is 0 Å². The normalized spacial score (nSPS) is 11.4. The summed E-state index contributed by atoms with van der Waals surface area (Å²) in [7, 11) is -3.59. The van der Waals surface area contributed by atoms with Crippen LogP contribution < -0.4 is 10.0 Å². The first-order valence-corrected chi connectivity index (χ1v) is 9.64. The Balaban J connectivity index is 1.59. The average Bonchev–Trinajstić information content (AvgIpc) is 2.65. The standard InChI is InChI=1S/C19H19N3O3S/c1-14-6-8-15(9-7-14)26(24,25)22-13-12-21-19(23)17-10-11-20-18-5-3-2-4-16(17)18/h2-11,22H,12-13H2,1H3,(H,21,23). The molecule has 2 N–H and O–H groups in total. The summed E-state index contributed by atoms with van der Waals surface area (Å²) in [5.41, 5.74) is 2.23. The van der Waals surface area contributed by atoms with Gasteiger partial charge in [0.1, 0.15) is 0 Å². The third-order valence-electron chi connectivity index (χ3n) is 3.93. The molecule has 0 atom stereocenters. The van der Waals surface area contributed by atoms with E-state index < -0.39 is 10.0 Å². The molecule has 3 aromatic rings. The predicted octanol–water partition coefficient (Wildman–Crippen LogP) is 2.25. The van der Waals surface area contributed by atoms with Crippen LogP contribution in [0.15, 0.2) is 65.7 Å². The Bertz CT molecular complexity index is 1030. The lowest BCUT2D eigenvalue weighted by Gasteiger charge is -2.09. The second-order valence-corrected chi connectivity index (χ2v) is 7.61. The Hall–Kier alpha value is -2.77. The SMILES string of the molecule is Cc1ccc(S(=O)(=O)NCCNC(=O)c2ccnc3ccccc23)cc1. The van der Waals surface area contributed by atoms with Crippen LogP contribution in [0.3, 0.4) is 0 Å². The number of carbonyl (C=O) groups is 1. The fourth-order valence-electron chi connectivity index (χ4n) is 2.55. The highest BCUT2D eigenvalue weighted by molar-refractivity contribution is 7.89. The fourth-order valence-corrected chi connectivity index (χ4v) is 3.58. The summed E-state index contributed by atoms with van der Waals surface area (Å²) >= 11 is 0. The maximum Gasteiger partial charge on any atom is 0.252 e. The predicted molar refractivity (Wildman–Crippen MR) is 100 cm³/mol. The first-order valence-electron chi connectivity index (χ1n) is 8.16. The monoisotopic (exact) mass is 369 g/mol. The van der Waals surface area contributed by atoms with E-state index in [9.17, 15) is 13.2 Å². The summed E-state index contributed by atoms with van der Waals surface area (Å²) in [6.45, 7) is 2.17. The Labute approximate surface area is 152 Å². The summed E-state index contributed by atoms with van der Waals surface area (Å²) in [4.78, 5) is 16.8. The molecule has 0 saturated carbocycles. The van der Waals surface area contributed by atoms with Crippen molar-refractivity contribution in [1.29, 1.82) is 0 Å². The number of aromatic nitrogens is 1. The molecule has 134 valence electrons. The van der Waals surface area contributed by atoms with Gasteiger partial charge in [0.25, 0.3) is 5.91 Å². The highest BCUT2D eigenvalue weighted by Gasteiger charge is 2.14. The van der Waals surface area contributed by atoms with Gasteiger partial charge in [-0.25, -0.2) is 13.1 Å². The van der Waals surface area contributed by atoms with Crippen molar-refractivity contribution >= 4 is 26.8 Å². The van der Waals surface area contributed by atoms with E-state index in [1.54, 1.807) is 36.5 Å². The van der Waals surface area contributed by atoms with Gasteiger partial charge in [0.2, 0.25) is 10.0 Å². The molecule has 1 heterocycles. The third-order valence-corrected chi connectivity index (χ3v) is 5.40. The quantitative estimate of drug-likeness (QED) is 0.653. The number of carbonyl (C=O) groups excluding carboxylic acids is 1. The molecule has 1 amide bonds. The largest absolute Gasteiger partial charge is 0.351 e. The molecule has 0 aliphatic rings. The van der Waals surface area contributed by atoms with Crippen molar-refractivity contribution < 1.29 is 13.2 Å². The molecule has 0 bridgehead atoms. The molecule has 0 fully saturated rings. The highest BCUT2D eigenvalue weighted by Crippen LogP contribution is 2.15. The van der Waals surface area contributed by atoms with Crippen molar-refractivity contribution in [3.63, 3.8) is 0 Å². The van der Waals surface area contributed by atoms with Crippen LogP contribution in [0, 0.1) is 6.92 Å². The summed E-state index contributed by atoms with van der Waals surface area (Å²) in [5, 5.41) is 3.49. The van der Waals surface area contributed by atoms with Crippen molar-refractivity contribution in [3.8, 4) is 0 Å². The van der Waals surface area contributed by atoms with E-state index >= 15 is 0 Å². The van der Waals surface area contributed by atoms with E-state index in [0.717, 1.165) is 16.5 Å². The molecule has 0 radical (unpaired) electrons. The minimum absolute atomic E-state index is 0.102. The fraction of sp³-hybridized carbons (Fsp3) is 0.158. The number of sulfonamides is 1. The highest BCUT2D eigenvalue weighted by atomic mass is 32.2. The molecule has 26 heavy (non-hydrogen) atoms. The van der Waals surface area contributed by atoms with Crippen LogP contribution in [0.2, 0.25) is 0 Å². The molecule has 0 spiro atoms. The summed E-state index contributed by atoms with van der Waals surface area (Å²) < 4.78 is 26.9. The van der Waals surface area contributed by atoms with Gasteiger partial charge >= 0.3 is 0 Å². The second-order valence-electron chi connectivity index (χ2n) is 5.84. The number of nitrogens with one attached hydrogen (secondary N) is 2. The van der Waals surface area contributed by atoms with Crippen LogP contribution >= 0.6 is 0 Å². The van der Waals surface area contributed by atoms with E-state index in [0.29, 0.717) is 5.56 Å². The van der Waals surface area contributed by atoms with Gasteiger partial charge in [-0.05, 0) is 31.2 Å². The number of amides is 1. The second kappa shape index (κ2) is 7.63. The smallest absolute Gasteiger partial charge is 0.252 e. The number of hydrogen-bond donors (Lipinski definition) is 2. The summed E-state index contributed by atoms with van der Waals surface area (Å²) in [5.74, 6) is -0.266. The van der Waals surface area contributed by atoms with E-state index in [1.165, 1.54) is 0 Å². The van der Waals surface area contributed by atoms with E-state index in [1.807, 2.05) is 31.2 Å². The first kappa shape index (κ1) is 18.0. The van der Waals surface area contributed by atoms with E-state index in [-0.39, 0.29) is 23.9 Å². The molecule has 3 rings (SSSR count). The Morgan fingerprint density at radius 3 is 2.50 bits per heavy atom. The van der Waals surface area contributed by atoms with Crippen LogP contribution in [0.1, 0.15) is 15.9 Å². The molecule has 0 aliphatic heterocycles. The Kier molecular flexibility index (Phi) is 5.29. The van der Waals surface area contributed by atoms with Gasteiger partial charge in [-0.15, -0.1) is 0 Å². The van der Waals surface area contributed by atoms with Gasteiger partial charge in [-0.3, -0.25) is 9.78 Å². The Morgan fingerprint density at radius 1 is 1.00 bits per heavy atom. The number of hydrogen-bond acceptors (Lipinski definition) is 4. The molecule has 0 unspecified atom stereocenters. The lowest BCUT2D eigenvalue weighted by molar-refractivity contribution is 0.0956. The van der Waals surface area contributed by atoms with Gasteiger partial charge in [-0.1, -0.05) is 35.9 Å². The van der Waals surface area contributed by atoms with Gasteiger partial charge in [-0.2, -0.15) is 0 Å². The minimum atomic E-state index is -3.59.